The van der Waals surface area contributed by atoms with Gasteiger partial charge in [0.2, 0.25) is 11.5 Å². The minimum absolute atomic E-state index is 0.140. The van der Waals surface area contributed by atoms with Crippen LogP contribution in [0.15, 0.2) is 36.7 Å². The number of halogens is 4. The Labute approximate surface area is 197 Å². The molecule has 0 radical (unpaired) electrons. The molecule has 0 unspecified atom stereocenters. The van der Waals surface area contributed by atoms with Gasteiger partial charge in [0.15, 0.2) is 0 Å². The highest BCUT2D eigenvalue weighted by molar-refractivity contribution is 7.90. The Morgan fingerprint density at radius 3 is 2.00 bits per heavy atom. The van der Waals surface area contributed by atoms with Gasteiger partial charge in [0.25, 0.3) is 0 Å². The Balaban J connectivity index is 2.04. The van der Waals surface area contributed by atoms with E-state index in [9.17, 15) is 26.9 Å². The number of carbonyl (C=O) groups is 1. The lowest BCUT2D eigenvalue weighted by molar-refractivity contribution is -0.182. The Bertz CT molecular complexity index is 993. The van der Waals surface area contributed by atoms with E-state index in [-0.39, 0.29) is 37.7 Å². The molecule has 1 saturated heterocycles. The molecule has 1 aromatic carbocycles. The van der Waals surface area contributed by atoms with Gasteiger partial charge in [-0.2, -0.15) is 13.2 Å². The molecule has 2 heterocycles. The summed E-state index contributed by atoms with van der Waals surface area (Å²) in [6.45, 7) is 5.54. The Morgan fingerprint density at radius 2 is 1.56 bits per heavy atom. The van der Waals surface area contributed by atoms with Crippen LogP contribution in [-0.4, -0.2) is 67.7 Å². The number of alkyl halides is 3. The van der Waals surface area contributed by atoms with Crippen molar-refractivity contribution >= 4 is 23.4 Å². The standard InChI is InChI=1S/C21H25F4N5O3S/c1-19(2,3)34(33)28-20(21(23,24)25,14-4-6-16(22)7-5-14)15-12-26-17(27-13-15)29-8-10-30(11-9-29)18(31)32/h4-7,12-13,28H,8-11H2,1-3H3,(H,31,32)/t20-,34+/m0/s1. The summed E-state index contributed by atoms with van der Waals surface area (Å²) >= 11 is -2.17. The summed E-state index contributed by atoms with van der Waals surface area (Å²) in [5.74, 6) is -0.579. The van der Waals surface area contributed by atoms with Crippen molar-refractivity contribution in [1.82, 2.24) is 19.6 Å². The molecule has 0 saturated carbocycles. The van der Waals surface area contributed by atoms with E-state index >= 15 is 0 Å². The van der Waals surface area contributed by atoms with Gasteiger partial charge in [-0.15, -0.1) is 4.72 Å². The van der Waals surface area contributed by atoms with Crippen LogP contribution in [0.2, 0.25) is 0 Å². The third-order valence-electron chi connectivity index (χ3n) is 5.41. The molecule has 13 heteroatoms. The van der Waals surface area contributed by atoms with E-state index in [4.69, 9.17) is 5.11 Å². The first-order valence-corrected chi connectivity index (χ1v) is 11.5. The molecule has 186 valence electrons. The summed E-state index contributed by atoms with van der Waals surface area (Å²) in [6.07, 6.45) is -4.06. The fourth-order valence-corrected chi connectivity index (χ4v) is 4.37. The summed E-state index contributed by atoms with van der Waals surface area (Å²) in [5, 5.41) is 9.07. The van der Waals surface area contributed by atoms with Crippen molar-refractivity contribution in [3.63, 3.8) is 0 Å². The van der Waals surface area contributed by atoms with Gasteiger partial charge in [-0.1, -0.05) is 12.1 Å². The number of rotatable bonds is 5. The zero-order valence-electron chi connectivity index (χ0n) is 18.8. The van der Waals surface area contributed by atoms with Gasteiger partial charge in [0.05, 0.1) is 0 Å². The molecule has 3 rings (SSSR count). The van der Waals surface area contributed by atoms with Gasteiger partial charge < -0.3 is 19.5 Å². The van der Waals surface area contributed by atoms with Crippen LogP contribution in [0.25, 0.3) is 0 Å². The molecule has 34 heavy (non-hydrogen) atoms. The second kappa shape index (κ2) is 9.55. The third kappa shape index (κ3) is 5.20. The van der Waals surface area contributed by atoms with Gasteiger partial charge in [0, 0.05) is 55.5 Å². The van der Waals surface area contributed by atoms with Crippen molar-refractivity contribution in [2.24, 2.45) is 0 Å². The number of nitrogens with zero attached hydrogens (tertiary/aromatic N) is 4. The maximum atomic E-state index is 14.8. The fraction of sp³-hybridized carbons (Fsp3) is 0.476. The van der Waals surface area contributed by atoms with Gasteiger partial charge in [0.1, 0.15) is 10.6 Å². The molecule has 0 aliphatic carbocycles. The first-order valence-electron chi connectivity index (χ1n) is 10.3. The number of aromatic nitrogens is 2. The predicted molar refractivity (Wildman–Crippen MR) is 118 cm³/mol. The molecule has 1 amide bonds. The maximum absolute atomic E-state index is 14.8. The number of nitrogens with one attached hydrogen (secondary N) is 1. The smallest absolute Gasteiger partial charge is 0.419 e. The fourth-order valence-electron chi connectivity index (χ4n) is 3.44. The predicted octanol–water partition coefficient (Wildman–Crippen LogP) is 3.27. The number of carboxylic acid groups (broad SMARTS) is 1. The number of amides is 1. The average Bonchev–Trinajstić information content (AvgIpc) is 2.76. The van der Waals surface area contributed by atoms with Gasteiger partial charge in [-0.25, -0.2) is 19.2 Å². The number of piperazine rings is 1. The van der Waals surface area contributed by atoms with Crippen molar-refractivity contribution in [2.75, 3.05) is 31.1 Å². The van der Waals surface area contributed by atoms with Crippen LogP contribution in [0.5, 0.6) is 0 Å². The van der Waals surface area contributed by atoms with E-state index in [1.54, 1.807) is 4.90 Å². The van der Waals surface area contributed by atoms with Crippen LogP contribution in [0.1, 0.15) is 31.9 Å². The van der Waals surface area contributed by atoms with Crippen molar-refractivity contribution in [1.29, 1.82) is 0 Å². The third-order valence-corrected chi connectivity index (χ3v) is 7.01. The molecular weight excluding hydrogens is 478 g/mol. The first-order chi connectivity index (χ1) is 15.8. The van der Waals surface area contributed by atoms with Crippen LogP contribution in [-0.2, 0) is 16.9 Å². The lowest BCUT2D eigenvalue weighted by atomic mass is 9.84. The van der Waals surface area contributed by atoms with Crippen LogP contribution in [0, 0.1) is 5.82 Å². The molecule has 2 aromatic rings. The van der Waals surface area contributed by atoms with Crippen molar-refractivity contribution < 1.29 is 32.0 Å². The highest BCUT2D eigenvalue weighted by Crippen LogP contribution is 2.45. The molecule has 1 aliphatic rings. The van der Waals surface area contributed by atoms with E-state index < -0.39 is 45.3 Å². The topological polar surface area (TPSA) is 105 Å². The molecule has 1 aromatic heterocycles. The second-order valence-electron chi connectivity index (χ2n) is 8.77. The highest BCUT2D eigenvalue weighted by atomic mass is 32.2. The normalized spacial score (nSPS) is 17.9. The van der Waals surface area contributed by atoms with E-state index in [0.29, 0.717) is 0 Å². The van der Waals surface area contributed by atoms with E-state index in [1.807, 2.05) is 0 Å². The molecule has 0 bridgehead atoms. The summed E-state index contributed by atoms with van der Waals surface area (Å²) < 4.78 is 71.8. The Morgan fingerprint density at radius 1 is 1.03 bits per heavy atom. The zero-order valence-corrected chi connectivity index (χ0v) is 19.6. The molecular formula is C21H25F4N5O3S. The Hall–Kier alpha value is -2.64. The largest absolute Gasteiger partial charge is 0.598 e. The lowest BCUT2D eigenvalue weighted by Crippen LogP contribution is -2.59. The van der Waals surface area contributed by atoms with Crippen molar-refractivity contribution in [2.45, 2.75) is 37.2 Å². The number of hydrogen-bond acceptors (Lipinski definition) is 6. The van der Waals surface area contributed by atoms with Crippen LogP contribution in [0.4, 0.5) is 28.3 Å². The van der Waals surface area contributed by atoms with Crippen molar-refractivity contribution in [3.05, 3.63) is 53.6 Å². The average molecular weight is 504 g/mol. The SMILES string of the molecule is CC(C)(C)[S@@+]([O-])N[C@@](c1ccc(F)cc1)(c1cnc(N2CCN(C(=O)O)CC2)nc1)C(F)(F)F. The second-order valence-corrected chi connectivity index (χ2v) is 10.7. The van der Waals surface area contributed by atoms with Gasteiger partial charge >= 0.3 is 12.3 Å². The quantitative estimate of drug-likeness (QED) is 0.477. The molecule has 0 spiro atoms. The summed E-state index contributed by atoms with van der Waals surface area (Å²) in [5.41, 5.74) is -3.76. The molecule has 1 aliphatic heterocycles. The number of anilines is 1. The minimum atomic E-state index is -5.00. The number of benzene rings is 1. The number of hydrogen-bond donors (Lipinski definition) is 2. The van der Waals surface area contributed by atoms with E-state index in [2.05, 4.69) is 14.7 Å². The monoisotopic (exact) mass is 503 g/mol. The molecule has 2 N–H and O–H groups in total. The van der Waals surface area contributed by atoms with Gasteiger partial charge in [-0.05, 0) is 38.5 Å². The lowest BCUT2D eigenvalue weighted by Gasteiger charge is -2.39. The highest BCUT2D eigenvalue weighted by Gasteiger charge is 2.61. The molecule has 1 fully saturated rings. The molecule has 8 nitrogen and oxygen atoms in total. The summed E-state index contributed by atoms with van der Waals surface area (Å²) in [6, 6.07) is 3.76. The van der Waals surface area contributed by atoms with Gasteiger partial charge in [-0.3, -0.25) is 0 Å². The zero-order chi connectivity index (χ0) is 25.3. The molecule has 2 atom stereocenters. The summed E-state index contributed by atoms with van der Waals surface area (Å²) in [7, 11) is 0. The van der Waals surface area contributed by atoms with E-state index in [1.165, 1.54) is 25.7 Å². The van der Waals surface area contributed by atoms with E-state index in [0.717, 1.165) is 36.7 Å². The van der Waals surface area contributed by atoms with Crippen LogP contribution >= 0.6 is 0 Å². The summed E-state index contributed by atoms with van der Waals surface area (Å²) in [4.78, 5) is 22.2. The van der Waals surface area contributed by atoms with Crippen LogP contribution < -0.4 is 9.62 Å². The van der Waals surface area contributed by atoms with Crippen LogP contribution in [0.3, 0.4) is 0 Å². The first kappa shape index (κ1) is 26.0. The maximum Gasteiger partial charge on any atom is 0.419 e. The van der Waals surface area contributed by atoms with Crippen molar-refractivity contribution in [3.8, 4) is 0 Å². The minimum Gasteiger partial charge on any atom is -0.598 e. The Kier molecular flexibility index (Phi) is 7.29.